The van der Waals surface area contributed by atoms with Gasteiger partial charge in [-0.15, -0.1) is 0 Å². The molecule has 0 saturated carbocycles. The Morgan fingerprint density at radius 3 is 2.89 bits per heavy atom. The van der Waals surface area contributed by atoms with Gasteiger partial charge in [-0.2, -0.15) is 5.26 Å². The lowest BCUT2D eigenvalue weighted by Crippen LogP contribution is -1.99. The van der Waals surface area contributed by atoms with Crippen LogP contribution in [-0.4, -0.2) is 16.2 Å². The summed E-state index contributed by atoms with van der Waals surface area (Å²) >= 11 is 0. The molecule has 98 valence electrons. The maximum atomic E-state index is 8.85. The quantitative estimate of drug-likeness (QED) is 0.844. The number of hydrogen-bond donors (Lipinski definition) is 0. The first-order chi connectivity index (χ1) is 9.17. The fourth-order valence-corrected chi connectivity index (χ4v) is 2.14. The third-order valence-corrected chi connectivity index (χ3v) is 3.06. The number of ether oxygens (including phenoxy) is 1. The zero-order valence-corrected chi connectivity index (χ0v) is 11.5. The van der Waals surface area contributed by atoms with Gasteiger partial charge in [-0.05, 0) is 26.0 Å². The van der Waals surface area contributed by atoms with E-state index in [9.17, 15) is 0 Å². The normalized spacial score (nSPS) is 10.2. The fraction of sp³-hybridized carbons (Fsp3) is 0.333. The van der Waals surface area contributed by atoms with Crippen LogP contribution in [0.1, 0.15) is 18.3 Å². The first-order valence-corrected chi connectivity index (χ1v) is 6.29. The van der Waals surface area contributed by atoms with Crippen molar-refractivity contribution in [3.8, 4) is 23.2 Å². The number of hydrogen-bond acceptors (Lipinski definition) is 3. The largest absolute Gasteiger partial charge is 0.494 e. The Balaban J connectivity index is 2.45. The van der Waals surface area contributed by atoms with Crippen molar-refractivity contribution in [2.45, 2.75) is 20.3 Å². The number of rotatable bonds is 4. The van der Waals surface area contributed by atoms with Crippen LogP contribution in [0.3, 0.4) is 0 Å². The molecule has 0 N–H and O–H groups in total. The van der Waals surface area contributed by atoms with Gasteiger partial charge in [0, 0.05) is 12.6 Å². The molecule has 0 aliphatic rings. The van der Waals surface area contributed by atoms with Crippen LogP contribution in [0.25, 0.3) is 11.4 Å². The highest BCUT2D eigenvalue weighted by Crippen LogP contribution is 2.25. The van der Waals surface area contributed by atoms with Gasteiger partial charge < -0.3 is 9.30 Å². The van der Waals surface area contributed by atoms with Crippen molar-refractivity contribution in [2.24, 2.45) is 7.05 Å². The maximum absolute atomic E-state index is 8.85. The van der Waals surface area contributed by atoms with Crippen molar-refractivity contribution in [3.05, 3.63) is 35.7 Å². The summed E-state index contributed by atoms with van der Waals surface area (Å²) in [5.41, 5.74) is 2.86. The summed E-state index contributed by atoms with van der Waals surface area (Å²) in [5.74, 6) is 1.70. The number of benzene rings is 1. The minimum Gasteiger partial charge on any atom is -0.494 e. The molecular weight excluding hydrogens is 238 g/mol. The predicted molar refractivity (Wildman–Crippen MR) is 73.9 cm³/mol. The van der Waals surface area contributed by atoms with Crippen LogP contribution in [0, 0.1) is 18.3 Å². The van der Waals surface area contributed by atoms with Crippen LogP contribution < -0.4 is 4.74 Å². The summed E-state index contributed by atoms with van der Waals surface area (Å²) in [4.78, 5) is 4.56. The van der Waals surface area contributed by atoms with Crippen LogP contribution in [0.2, 0.25) is 0 Å². The maximum Gasteiger partial charge on any atom is 0.140 e. The van der Waals surface area contributed by atoms with E-state index in [4.69, 9.17) is 10.00 Å². The van der Waals surface area contributed by atoms with Crippen LogP contribution >= 0.6 is 0 Å². The third-order valence-electron chi connectivity index (χ3n) is 3.06. The molecule has 0 spiro atoms. The lowest BCUT2D eigenvalue weighted by molar-refractivity contribution is 0.340. The monoisotopic (exact) mass is 255 g/mol. The Morgan fingerprint density at radius 2 is 2.21 bits per heavy atom. The summed E-state index contributed by atoms with van der Waals surface area (Å²) in [6.07, 6.45) is 0.375. The Labute approximate surface area is 113 Å². The summed E-state index contributed by atoms with van der Waals surface area (Å²) in [5, 5.41) is 8.85. The third kappa shape index (κ3) is 2.60. The molecule has 4 nitrogen and oxygen atoms in total. The van der Waals surface area contributed by atoms with Crippen molar-refractivity contribution in [1.82, 2.24) is 9.55 Å². The van der Waals surface area contributed by atoms with Gasteiger partial charge >= 0.3 is 0 Å². The van der Waals surface area contributed by atoms with Gasteiger partial charge in [0.1, 0.15) is 11.6 Å². The molecule has 1 aromatic heterocycles. The Kier molecular flexibility index (Phi) is 3.86. The first kappa shape index (κ1) is 13.2. The molecule has 0 unspecified atom stereocenters. The van der Waals surface area contributed by atoms with Gasteiger partial charge in [0.25, 0.3) is 0 Å². The van der Waals surface area contributed by atoms with Gasteiger partial charge in [0.15, 0.2) is 0 Å². The van der Waals surface area contributed by atoms with Crippen LogP contribution in [0.5, 0.6) is 5.75 Å². The van der Waals surface area contributed by atoms with E-state index >= 15 is 0 Å². The highest BCUT2D eigenvalue weighted by atomic mass is 16.5. The second-order valence-corrected chi connectivity index (χ2v) is 4.32. The molecule has 2 aromatic rings. The Hall–Kier alpha value is -2.28. The van der Waals surface area contributed by atoms with E-state index in [1.165, 1.54) is 0 Å². The molecular formula is C15H17N3O. The molecule has 0 aliphatic carbocycles. The van der Waals surface area contributed by atoms with Crippen molar-refractivity contribution in [2.75, 3.05) is 6.61 Å². The molecule has 4 heteroatoms. The minimum atomic E-state index is 0.375. The predicted octanol–water partition coefficient (Wildman–Crippen LogP) is 2.86. The van der Waals surface area contributed by atoms with E-state index in [0.717, 1.165) is 28.5 Å². The second-order valence-electron chi connectivity index (χ2n) is 4.32. The van der Waals surface area contributed by atoms with Crippen LogP contribution in [0.4, 0.5) is 0 Å². The summed E-state index contributed by atoms with van der Waals surface area (Å²) in [6.45, 7) is 4.54. The Bertz CT molecular complexity index is 623. The molecule has 0 aliphatic heterocycles. The van der Waals surface area contributed by atoms with Crippen molar-refractivity contribution < 1.29 is 4.74 Å². The topological polar surface area (TPSA) is 50.8 Å². The zero-order chi connectivity index (χ0) is 13.8. The highest BCUT2D eigenvalue weighted by Gasteiger charge is 2.13. The van der Waals surface area contributed by atoms with E-state index in [-0.39, 0.29) is 0 Å². The van der Waals surface area contributed by atoms with Gasteiger partial charge in [-0.25, -0.2) is 4.98 Å². The smallest absolute Gasteiger partial charge is 0.140 e. The lowest BCUT2D eigenvalue weighted by Gasteiger charge is -2.07. The van der Waals surface area contributed by atoms with Gasteiger partial charge in [-0.1, -0.05) is 12.1 Å². The molecule has 0 radical (unpaired) electrons. The molecule has 1 aromatic carbocycles. The van der Waals surface area contributed by atoms with Crippen molar-refractivity contribution >= 4 is 0 Å². The van der Waals surface area contributed by atoms with Crippen molar-refractivity contribution in [3.63, 3.8) is 0 Å². The number of aryl methyl sites for hydroxylation is 1. The summed E-state index contributed by atoms with van der Waals surface area (Å²) < 4.78 is 7.48. The molecule has 0 atom stereocenters. The molecule has 0 fully saturated rings. The summed E-state index contributed by atoms with van der Waals surface area (Å²) in [6, 6.07) is 10.0. The standard InChI is InChI=1S/C15H17N3O/c1-4-19-13-7-5-6-12(10-13)15-17-11(2)14(8-9-16)18(15)3/h5-7,10H,4,8H2,1-3H3. The van der Waals surface area contributed by atoms with E-state index in [2.05, 4.69) is 11.1 Å². The summed E-state index contributed by atoms with van der Waals surface area (Å²) in [7, 11) is 1.94. The molecule has 0 bridgehead atoms. The zero-order valence-electron chi connectivity index (χ0n) is 11.5. The number of nitriles is 1. The van der Waals surface area contributed by atoms with Crippen molar-refractivity contribution in [1.29, 1.82) is 5.26 Å². The molecule has 2 rings (SSSR count). The van der Waals surface area contributed by atoms with E-state index in [1.54, 1.807) is 0 Å². The lowest BCUT2D eigenvalue weighted by atomic mass is 10.2. The highest BCUT2D eigenvalue weighted by molar-refractivity contribution is 5.59. The van der Waals surface area contributed by atoms with Gasteiger partial charge in [0.05, 0.1) is 30.5 Å². The van der Waals surface area contributed by atoms with E-state index < -0.39 is 0 Å². The van der Waals surface area contributed by atoms with E-state index in [1.807, 2.05) is 49.7 Å². The molecule has 19 heavy (non-hydrogen) atoms. The number of imidazole rings is 1. The SMILES string of the molecule is CCOc1cccc(-c2nc(C)c(CC#N)n2C)c1. The minimum absolute atomic E-state index is 0.375. The molecule has 0 saturated heterocycles. The average Bonchev–Trinajstić information content (AvgIpc) is 2.68. The molecule has 0 amide bonds. The number of aromatic nitrogens is 2. The first-order valence-electron chi connectivity index (χ1n) is 6.29. The van der Waals surface area contributed by atoms with Crippen LogP contribution in [0.15, 0.2) is 24.3 Å². The fourth-order valence-electron chi connectivity index (χ4n) is 2.14. The van der Waals surface area contributed by atoms with Gasteiger partial charge in [0.2, 0.25) is 0 Å². The number of nitrogens with zero attached hydrogens (tertiary/aromatic N) is 3. The average molecular weight is 255 g/mol. The second kappa shape index (κ2) is 5.57. The van der Waals surface area contributed by atoms with Crippen LogP contribution in [-0.2, 0) is 13.5 Å². The Morgan fingerprint density at radius 1 is 1.42 bits per heavy atom. The van der Waals surface area contributed by atoms with E-state index in [0.29, 0.717) is 13.0 Å². The molecule has 1 heterocycles. The van der Waals surface area contributed by atoms with Gasteiger partial charge in [-0.3, -0.25) is 0 Å².